The highest BCUT2D eigenvalue weighted by Crippen LogP contribution is 2.22. The van der Waals surface area contributed by atoms with E-state index in [2.05, 4.69) is 21.2 Å². The Hall–Kier alpha value is -0.100. The van der Waals surface area contributed by atoms with Crippen LogP contribution in [0.15, 0.2) is 15.9 Å². The predicted molar refractivity (Wildman–Crippen MR) is 69.4 cm³/mol. The molecule has 3 nitrogen and oxygen atoms in total. The van der Waals surface area contributed by atoms with E-state index in [4.69, 9.17) is 5.73 Å². The van der Waals surface area contributed by atoms with Crippen LogP contribution in [0.2, 0.25) is 0 Å². The summed E-state index contributed by atoms with van der Waals surface area (Å²) in [5.41, 5.74) is 4.82. The van der Waals surface area contributed by atoms with E-state index in [0.717, 1.165) is 9.35 Å². The van der Waals surface area contributed by atoms with Gasteiger partial charge in [0.1, 0.15) is 0 Å². The average molecular weight is 314 g/mol. The van der Waals surface area contributed by atoms with E-state index < -0.39 is 5.54 Å². The van der Waals surface area contributed by atoms with Crippen LogP contribution in [0.1, 0.15) is 18.7 Å². The van der Waals surface area contributed by atoms with Crippen molar-refractivity contribution in [2.75, 3.05) is 0 Å². The third kappa shape index (κ3) is 4.51. The molecular formula is C9H14BrClN2OS. The van der Waals surface area contributed by atoms with Gasteiger partial charge >= 0.3 is 0 Å². The van der Waals surface area contributed by atoms with E-state index in [-0.39, 0.29) is 18.3 Å². The molecule has 3 N–H and O–H groups in total. The average Bonchev–Trinajstić information content (AvgIpc) is 2.45. The quantitative estimate of drug-likeness (QED) is 0.899. The number of carbonyl (C=O) groups is 1. The molecule has 0 saturated heterocycles. The van der Waals surface area contributed by atoms with Crippen molar-refractivity contribution in [3.05, 3.63) is 20.8 Å². The van der Waals surface area contributed by atoms with E-state index in [1.165, 1.54) is 0 Å². The SMILES string of the molecule is CC(C)(N)C(=O)NCc1sccc1Br.Cl. The number of rotatable bonds is 3. The molecule has 0 unspecified atom stereocenters. The number of halogens is 2. The zero-order valence-corrected chi connectivity index (χ0v) is 11.8. The lowest BCUT2D eigenvalue weighted by Gasteiger charge is -2.17. The van der Waals surface area contributed by atoms with E-state index >= 15 is 0 Å². The molecule has 1 aromatic heterocycles. The summed E-state index contributed by atoms with van der Waals surface area (Å²) in [6, 6.07) is 1.96. The highest BCUT2D eigenvalue weighted by molar-refractivity contribution is 9.10. The summed E-state index contributed by atoms with van der Waals surface area (Å²) in [7, 11) is 0. The minimum absolute atomic E-state index is 0. The first-order chi connectivity index (χ1) is 6.41. The van der Waals surface area contributed by atoms with Crippen LogP contribution in [0.5, 0.6) is 0 Å². The zero-order chi connectivity index (χ0) is 10.8. The highest BCUT2D eigenvalue weighted by atomic mass is 79.9. The van der Waals surface area contributed by atoms with Crippen LogP contribution in [0.3, 0.4) is 0 Å². The Labute approximate surface area is 108 Å². The Bertz CT molecular complexity index is 335. The van der Waals surface area contributed by atoms with Crippen LogP contribution in [0.25, 0.3) is 0 Å². The van der Waals surface area contributed by atoms with Gasteiger partial charge in [-0.3, -0.25) is 4.79 Å². The molecule has 0 aromatic carbocycles. The molecule has 86 valence electrons. The van der Waals surface area contributed by atoms with Crippen LogP contribution in [-0.2, 0) is 11.3 Å². The topological polar surface area (TPSA) is 55.1 Å². The molecule has 0 fully saturated rings. The lowest BCUT2D eigenvalue weighted by molar-refractivity contribution is -0.125. The number of hydrogen-bond acceptors (Lipinski definition) is 3. The van der Waals surface area contributed by atoms with Gasteiger partial charge in [0, 0.05) is 9.35 Å². The van der Waals surface area contributed by atoms with Crippen molar-refractivity contribution in [3.8, 4) is 0 Å². The monoisotopic (exact) mass is 312 g/mol. The van der Waals surface area contributed by atoms with Gasteiger partial charge in [-0.1, -0.05) is 0 Å². The lowest BCUT2D eigenvalue weighted by Crippen LogP contribution is -2.48. The number of amides is 1. The van der Waals surface area contributed by atoms with Gasteiger partial charge in [-0.05, 0) is 41.2 Å². The third-order valence-corrected chi connectivity index (χ3v) is 3.61. The molecule has 0 aliphatic rings. The second-order valence-corrected chi connectivity index (χ2v) is 5.45. The number of nitrogens with two attached hydrogens (primary N) is 1. The number of thiophene rings is 1. The van der Waals surface area contributed by atoms with E-state index in [1.807, 2.05) is 11.4 Å². The molecular weight excluding hydrogens is 300 g/mol. The van der Waals surface area contributed by atoms with E-state index in [0.29, 0.717) is 6.54 Å². The summed E-state index contributed by atoms with van der Waals surface area (Å²) in [5.74, 6) is -0.141. The van der Waals surface area contributed by atoms with Crippen molar-refractivity contribution in [3.63, 3.8) is 0 Å². The molecule has 1 amide bonds. The Kier molecular flexibility index (Phi) is 5.80. The van der Waals surface area contributed by atoms with Crippen LogP contribution in [0, 0.1) is 0 Å². The summed E-state index contributed by atoms with van der Waals surface area (Å²) in [5, 5.41) is 4.75. The fourth-order valence-corrected chi connectivity index (χ4v) is 2.27. The van der Waals surface area contributed by atoms with Gasteiger partial charge in [0.25, 0.3) is 0 Å². The first kappa shape index (κ1) is 14.9. The molecule has 1 heterocycles. The normalized spacial score (nSPS) is 10.7. The Balaban J connectivity index is 0.00000196. The molecule has 15 heavy (non-hydrogen) atoms. The second kappa shape index (κ2) is 5.84. The van der Waals surface area contributed by atoms with Gasteiger partial charge in [0.15, 0.2) is 0 Å². The molecule has 0 atom stereocenters. The van der Waals surface area contributed by atoms with Gasteiger partial charge in [-0.2, -0.15) is 0 Å². The largest absolute Gasteiger partial charge is 0.350 e. The lowest BCUT2D eigenvalue weighted by atomic mass is 10.1. The number of hydrogen-bond donors (Lipinski definition) is 2. The molecule has 1 rings (SSSR count). The molecule has 1 aromatic rings. The smallest absolute Gasteiger partial charge is 0.239 e. The number of carbonyl (C=O) groups excluding carboxylic acids is 1. The molecule has 0 spiro atoms. The maximum atomic E-state index is 11.4. The van der Waals surface area contributed by atoms with Crippen LogP contribution in [-0.4, -0.2) is 11.4 Å². The molecule has 0 bridgehead atoms. The molecule has 0 radical (unpaired) electrons. The fourth-order valence-electron chi connectivity index (χ4n) is 0.840. The zero-order valence-electron chi connectivity index (χ0n) is 8.54. The Morgan fingerprint density at radius 2 is 2.27 bits per heavy atom. The minimum Gasteiger partial charge on any atom is -0.350 e. The molecule has 0 aliphatic heterocycles. The van der Waals surface area contributed by atoms with Crippen molar-refractivity contribution in [2.24, 2.45) is 5.73 Å². The van der Waals surface area contributed by atoms with Crippen molar-refractivity contribution >= 4 is 45.6 Å². The second-order valence-electron chi connectivity index (χ2n) is 3.60. The Morgan fingerprint density at radius 1 is 1.67 bits per heavy atom. The van der Waals surface area contributed by atoms with Crippen molar-refractivity contribution in [1.29, 1.82) is 0 Å². The first-order valence-electron chi connectivity index (χ1n) is 4.20. The van der Waals surface area contributed by atoms with E-state index in [1.54, 1.807) is 25.2 Å². The van der Waals surface area contributed by atoms with Gasteiger partial charge < -0.3 is 11.1 Å². The molecule has 0 aliphatic carbocycles. The number of nitrogens with one attached hydrogen (secondary N) is 1. The van der Waals surface area contributed by atoms with Crippen LogP contribution >= 0.6 is 39.7 Å². The summed E-state index contributed by atoms with van der Waals surface area (Å²) >= 11 is 4.99. The molecule has 6 heteroatoms. The van der Waals surface area contributed by atoms with Gasteiger partial charge in [-0.15, -0.1) is 23.7 Å². The fraction of sp³-hybridized carbons (Fsp3) is 0.444. The summed E-state index contributed by atoms with van der Waals surface area (Å²) in [6.45, 7) is 3.90. The minimum atomic E-state index is -0.816. The summed E-state index contributed by atoms with van der Waals surface area (Å²) < 4.78 is 1.03. The maximum Gasteiger partial charge on any atom is 0.239 e. The van der Waals surface area contributed by atoms with Crippen LogP contribution < -0.4 is 11.1 Å². The predicted octanol–water partition coefficient (Wildman–Crippen LogP) is 2.29. The van der Waals surface area contributed by atoms with Gasteiger partial charge in [-0.25, -0.2) is 0 Å². The molecule has 0 saturated carbocycles. The van der Waals surface area contributed by atoms with Gasteiger partial charge in [0.2, 0.25) is 5.91 Å². The first-order valence-corrected chi connectivity index (χ1v) is 5.87. The van der Waals surface area contributed by atoms with Crippen molar-refractivity contribution < 1.29 is 4.79 Å². The van der Waals surface area contributed by atoms with Crippen LogP contribution in [0.4, 0.5) is 0 Å². The van der Waals surface area contributed by atoms with E-state index in [9.17, 15) is 4.79 Å². The third-order valence-electron chi connectivity index (χ3n) is 1.69. The maximum absolute atomic E-state index is 11.4. The van der Waals surface area contributed by atoms with Crippen molar-refractivity contribution in [2.45, 2.75) is 25.9 Å². The Morgan fingerprint density at radius 3 is 2.67 bits per heavy atom. The summed E-state index contributed by atoms with van der Waals surface area (Å²) in [4.78, 5) is 12.5. The summed E-state index contributed by atoms with van der Waals surface area (Å²) in [6.07, 6.45) is 0. The van der Waals surface area contributed by atoms with Gasteiger partial charge in [0.05, 0.1) is 12.1 Å². The highest BCUT2D eigenvalue weighted by Gasteiger charge is 2.21. The van der Waals surface area contributed by atoms with Crippen molar-refractivity contribution in [1.82, 2.24) is 5.32 Å². The standard InChI is InChI=1S/C9H13BrN2OS.ClH/c1-9(2,11)8(13)12-5-7-6(10)3-4-14-7;/h3-4H,5,11H2,1-2H3,(H,12,13);1H.